The van der Waals surface area contributed by atoms with Gasteiger partial charge in [0.05, 0.1) is 12.2 Å². The normalized spacial score (nSPS) is 25.3. The van der Waals surface area contributed by atoms with Crippen LogP contribution in [0.1, 0.15) is 54.4 Å². The lowest BCUT2D eigenvalue weighted by molar-refractivity contribution is -0.154. The van der Waals surface area contributed by atoms with Crippen LogP contribution in [0.3, 0.4) is 0 Å². The lowest BCUT2D eigenvalue weighted by atomic mass is 9.86. The van der Waals surface area contributed by atoms with Gasteiger partial charge in [-0.1, -0.05) is 43.5 Å². The minimum atomic E-state index is -1.17. The Bertz CT molecular complexity index is 702. The molecule has 0 radical (unpaired) electrons. The minimum absolute atomic E-state index is 0.148. The maximum atomic E-state index is 12.3. The number of aryl methyl sites for hydroxylation is 1. The van der Waals surface area contributed by atoms with E-state index < -0.39 is 17.5 Å². The summed E-state index contributed by atoms with van der Waals surface area (Å²) in [4.78, 5) is 24.6. The van der Waals surface area contributed by atoms with E-state index in [1.807, 2.05) is 25.1 Å². The van der Waals surface area contributed by atoms with Crippen molar-refractivity contribution in [2.45, 2.75) is 51.0 Å². The fourth-order valence-electron chi connectivity index (χ4n) is 3.72. The molecule has 0 spiro atoms. The average Bonchev–Trinajstić information content (AvgIpc) is 2.97. The quantitative estimate of drug-likeness (QED) is 0.646. The number of aliphatic hydroxyl groups is 1. The number of carbonyl (C=O) groups excluding carboxylic acids is 2. The van der Waals surface area contributed by atoms with Gasteiger partial charge in [0.2, 0.25) is 0 Å². The van der Waals surface area contributed by atoms with Crippen molar-refractivity contribution >= 4 is 11.9 Å². The number of cyclic esters (lactones) is 1. The standard InChI is InChI=1S/C21H26O5/c1-15-7-5-6-10-18(15)20(24)25-14-21(13-22)12-17(19(23)26-21)11-16-8-3-2-4-9-16/h5-7,10-11,16,22H,2-4,8-9,12-14H2,1H3/b17-11+. The van der Waals surface area contributed by atoms with Gasteiger partial charge in [-0.2, -0.15) is 0 Å². The molecule has 5 nitrogen and oxygen atoms in total. The van der Waals surface area contributed by atoms with E-state index in [0.29, 0.717) is 17.1 Å². The maximum absolute atomic E-state index is 12.3. The predicted molar refractivity (Wildman–Crippen MR) is 96.6 cm³/mol. The molecule has 1 heterocycles. The second kappa shape index (κ2) is 8.04. The Morgan fingerprint density at radius 1 is 1.31 bits per heavy atom. The van der Waals surface area contributed by atoms with Crippen molar-refractivity contribution < 1.29 is 24.2 Å². The van der Waals surface area contributed by atoms with Gasteiger partial charge in [-0.3, -0.25) is 0 Å². The van der Waals surface area contributed by atoms with Crippen LogP contribution in [-0.4, -0.2) is 35.9 Å². The van der Waals surface area contributed by atoms with E-state index in [1.165, 1.54) is 19.3 Å². The number of carbonyl (C=O) groups is 2. The summed E-state index contributed by atoms with van der Waals surface area (Å²) in [5, 5.41) is 9.80. The molecule has 3 rings (SSSR count). The Balaban J connectivity index is 1.66. The highest BCUT2D eigenvalue weighted by molar-refractivity contribution is 5.92. The average molecular weight is 358 g/mol. The van der Waals surface area contributed by atoms with Gasteiger partial charge in [0.25, 0.3) is 0 Å². The van der Waals surface area contributed by atoms with E-state index in [0.717, 1.165) is 18.4 Å². The molecule has 140 valence electrons. The molecule has 0 aromatic heterocycles. The van der Waals surface area contributed by atoms with Crippen LogP contribution in [0.15, 0.2) is 35.9 Å². The summed E-state index contributed by atoms with van der Waals surface area (Å²) in [6.07, 6.45) is 8.07. The molecule has 1 N–H and O–H groups in total. The van der Waals surface area contributed by atoms with Crippen molar-refractivity contribution in [3.05, 3.63) is 47.0 Å². The molecule has 1 saturated carbocycles. The van der Waals surface area contributed by atoms with E-state index in [9.17, 15) is 14.7 Å². The monoisotopic (exact) mass is 358 g/mol. The fourth-order valence-corrected chi connectivity index (χ4v) is 3.72. The number of hydrogen-bond donors (Lipinski definition) is 1. The van der Waals surface area contributed by atoms with Gasteiger partial charge >= 0.3 is 11.9 Å². The first-order valence-corrected chi connectivity index (χ1v) is 9.31. The van der Waals surface area contributed by atoms with E-state index >= 15 is 0 Å². The van der Waals surface area contributed by atoms with Crippen molar-refractivity contribution in [1.82, 2.24) is 0 Å². The molecule has 5 heteroatoms. The first kappa shape index (κ1) is 18.6. The van der Waals surface area contributed by atoms with Crippen LogP contribution < -0.4 is 0 Å². The first-order chi connectivity index (χ1) is 12.5. The number of rotatable bonds is 5. The van der Waals surface area contributed by atoms with Crippen LogP contribution in [0, 0.1) is 12.8 Å². The lowest BCUT2D eigenvalue weighted by Gasteiger charge is -2.24. The van der Waals surface area contributed by atoms with Crippen LogP contribution in [0.5, 0.6) is 0 Å². The third kappa shape index (κ3) is 4.15. The van der Waals surface area contributed by atoms with E-state index in [4.69, 9.17) is 9.47 Å². The number of hydrogen-bond acceptors (Lipinski definition) is 5. The highest BCUT2D eigenvalue weighted by atomic mass is 16.6. The van der Waals surface area contributed by atoms with E-state index in [2.05, 4.69) is 0 Å². The largest absolute Gasteiger partial charge is 0.458 e. The van der Waals surface area contributed by atoms with Crippen LogP contribution in [0.4, 0.5) is 0 Å². The number of aliphatic hydroxyl groups excluding tert-OH is 1. The molecular weight excluding hydrogens is 332 g/mol. The number of benzene rings is 1. The molecule has 2 fully saturated rings. The number of ether oxygens (including phenoxy) is 2. The van der Waals surface area contributed by atoms with Gasteiger partial charge in [-0.25, -0.2) is 9.59 Å². The summed E-state index contributed by atoms with van der Waals surface area (Å²) in [5.74, 6) is -0.483. The lowest BCUT2D eigenvalue weighted by Crippen LogP contribution is -2.39. The molecule has 1 atom stereocenters. The van der Waals surface area contributed by atoms with E-state index in [-0.39, 0.29) is 19.6 Å². The fraction of sp³-hybridized carbons (Fsp3) is 0.524. The zero-order chi connectivity index (χ0) is 18.6. The molecule has 2 aliphatic rings. The molecule has 1 aromatic rings. The molecule has 1 aliphatic heterocycles. The van der Waals surface area contributed by atoms with Crippen LogP contribution in [0.2, 0.25) is 0 Å². The Hall–Kier alpha value is -2.14. The zero-order valence-corrected chi connectivity index (χ0v) is 15.2. The molecule has 1 aliphatic carbocycles. The van der Waals surface area contributed by atoms with Gasteiger partial charge in [0.15, 0.2) is 5.60 Å². The molecule has 0 bridgehead atoms. The van der Waals surface area contributed by atoms with Crippen LogP contribution in [0.25, 0.3) is 0 Å². The van der Waals surface area contributed by atoms with E-state index in [1.54, 1.807) is 12.1 Å². The highest BCUT2D eigenvalue weighted by Crippen LogP contribution is 2.34. The first-order valence-electron chi connectivity index (χ1n) is 9.31. The maximum Gasteiger partial charge on any atom is 0.338 e. The Labute approximate surface area is 154 Å². The summed E-state index contributed by atoms with van der Waals surface area (Å²) >= 11 is 0. The second-order valence-electron chi connectivity index (χ2n) is 7.39. The van der Waals surface area contributed by atoms with Crippen LogP contribution in [-0.2, 0) is 14.3 Å². The number of allylic oxidation sites excluding steroid dienone is 1. The molecule has 1 unspecified atom stereocenters. The molecule has 1 aromatic carbocycles. The Kier molecular flexibility index (Phi) is 5.77. The van der Waals surface area contributed by atoms with Crippen molar-refractivity contribution in [1.29, 1.82) is 0 Å². The summed E-state index contributed by atoms with van der Waals surface area (Å²) in [6.45, 7) is 1.31. The second-order valence-corrected chi connectivity index (χ2v) is 7.39. The number of esters is 2. The van der Waals surface area contributed by atoms with Gasteiger partial charge in [-0.05, 0) is 37.3 Å². The Morgan fingerprint density at radius 3 is 2.73 bits per heavy atom. The topological polar surface area (TPSA) is 72.8 Å². The summed E-state index contributed by atoms with van der Waals surface area (Å²) in [5.41, 5.74) is 0.716. The van der Waals surface area contributed by atoms with Crippen molar-refractivity contribution in [2.75, 3.05) is 13.2 Å². The summed E-state index contributed by atoms with van der Waals surface area (Å²) < 4.78 is 10.8. The highest BCUT2D eigenvalue weighted by Gasteiger charge is 2.45. The van der Waals surface area contributed by atoms with Gasteiger partial charge < -0.3 is 14.6 Å². The third-order valence-corrected chi connectivity index (χ3v) is 5.29. The molecular formula is C21H26O5. The minimum Gasteiger partial charge on any atom is -0.458 e. The summed E-state index contributed by atoms with van der Waals surface area (Å²) in [7, 11) is 0. The summed E-state index contributed by atoms with van der Waals surface area (Å²) in [6, 6.07) is 7.14. The predicted octanol–water partition coefficient (Wildman–Crippen LogP) is 3.34. The smallest absolute Gasteiger partial charge is 0.338 e. The molecule has 0 amide bonds. The third-order valence-electron chi connectivity index (χ3n) is 5.29. The van der Waals surface area contributed by atoms with Crippen molar-refractivity contribution in [2.24, 2.45) is 5.92 Å². The van der Waals surface area contributed by atoms with Gasteiger partial charge in [-0.15, -0.1) is 0 Å². The van der Waals surface area contributed by atoms with Gasteiger partial charge in [0, 0.05) is 12.0 Å². The zero-order valence-electron chi connectivity index (χ0n) is 15.2. The molecule has 26 heavy (non-hydrogen) atoms. The Morgan fingerprint density at radius 2 is 2.04 bits per heavy atom. The SMILES string of the molecule is Cc1ccccc1C(=O)OCC1(CO)C/C(=C\C2CCCCC2)C(=O)O1. The molecule has 1 saturated heterocycles. The van der Waals surface area contributed by atoms with Crippen molar-refractivity contribution in [3.63, 3.8) is 0 Å². The van der Waals surface area contributed by atoms with Crippen LogP contribution >= 0.6 is 0 Å². The van der Waals surface area contributed by atoms with Crippen molar-refractivity contribution in [3.8, 4) is 0 Å². The van der Waals surface area contributed by atoms with Gasteiger partial charge in [0.1, 0.15) is 6.61 Å².